The average molecular weight is 501 g/mol. The maximum Gasteiger partial charge on any atom is 0.220 e. The summed E-state index contributed by atoms with van der Waals surface area (Å²) in [5, 5.41) is 5.71. The SMILES string of the molecule is CCC(=O)C(CCCCNC(C)=O)NC(=O)CCCCCCCCCC[N+](C)(C)CCCSC. The zero-order valence-electron chi connectivity index (χ0n) is 22.9. The fourth-order valence-corrected chi connectivity index (χ4v) is 4.62. The summed E-state index contributed by atoms with van der Waals surface area (Å²) in [7, 11) is 4.70. The normalized spacial score (nSPS) is 12.4. The lowest BCUT2D eigenvalue weighted by molar-refractivity contribution is -0.890. The number of nitrogens with one attached hydrogen (secondary N) is 2. The molecule has 7 heteroatoms. The van der Waals surface area contributed by atoms with E-state index < -0.39 is 0 Å². The third-order valence-electron chi connectivity index (χ3n) is 6.40. The van der Waals surface area contributed by atoms with Crippen molar-refractivity contribution in [1.29, 1.82) is 0 Å². The van der Waals surface area contributed by atoms with Gasteiger partial charge in [0, 0.05) is 32.7 Å². The molecular formula is C27H54N3O3S+. The van der Waals surface area contributed by atoms with E-state index in [1.54, 1.807) is 0 Å². The van der Waals surface area contributed by atoms with Gasteiger partial charge in [-0.05, 0) is 50.5 Å². The van der Waals surface area contributed by atoms with E-state index in [4.69, 9.17) is 0 Å². The summed E-state index contributed by atoms with van der Waals surface area (Å²) in [4.78, 5) is 35.4. The molecule has 0 aromatic heterocycles. The van der Waals surface area contributed by atoms with Crippen LogP contribution >= 0.6 is 11.8 Å². The van der Waals surface area contributed by atoms with Crippen molar-refractivity contribution in [2.75, 3.05) is 45.7 Å². The van der Waals surface area contributed by atoms with Crippen molar-refractivity contribution in [1.82, 2.24) is 10.6 Å². The van der Waals surface area contributed by atoms with Gasteiger partial charge in [0.15, 0.2) is 5.78 Å². The molecule has 34 heavy (non-hydrogen) atoms. The molecule has 0 saturated heterocycles. The number of nitrogens with zero attached hydrogens (tertiary/aromatic N) is 1. The molecule has 2 amide bonds. The highest BCUT2D eigenvalue weighted by atomic mass is 32.2. The van der Waals surface area contributed by atoms with Gasteiger partial charge in [-0.2, -0.15) is 11.8 Å². The Hall–Kier alpha value is -1.08. The second-order valence-corrected chi connectivity index (χ2v) is 11.2. The van der Waals surface area contributed by atoms with Crippen LogP contribution in [0.15, 0.2) is 0 Å². The van der Waals surface area contributed by atoms with E-state index in [1.165, 1.54) is 70.7 Å². The van der Waals surface area contributed by atoms with Gasteiger partial charge < -0.3 is 15.1 Å². The number of Topliss-reactive ketones (excluding diaryl/α,β-unsaturated/α-hetero) is 1. The summed E-state index contributed by atoms with van der Waals surface area (Å²) < 4.78 is 1.14. The predicted molar refractivity (Wildman–Crippen MR) is 146 cm³/mol. The first kappa shape index (κ1) is 32.9. The van der Waals surface area contributed by atoms with Gasteiger partial charge in [-0.1, -0.05) is 39.0 Å². The summed E-state index contributed by atoms with van der Waals surface area (Å²) >= 11 is 1.94. The van der Waals surface area contributed by atoms with Gasteiger partial charge in [0.2, 0.25) is 11.8 Å². The highest BCUT2D eigenvalue weighted by molar-refractivity contribution is 7.98. The van der Waals surface area contributed by atoms with Crippen LogP contribution in [0, 0.1) is 0 Å². The van der Waals surface area contributed by atoms with Gasteiger partial charge in [0.1, 0.15) is 0 Å². The maximum absolute atomic E-state index is 12.3. The summed E-state index contributed by atoms with van der Waals surface area (Å²) in [6.45, 7) is 6.51. The number of thioether (sulfide) groups is 1. The highest BCUT2D eigenvalue weighted by Gasteiger charge is 2.18. The number of ketones is 1. The average Bonchev–Trinajstić information content (AvgIpc) is 2.78. The number of rotatable bonds is 23. The highest BCUT2D eigenvalue weighted by Crippen LogP contribution is 2.12. The lowest BCUT2D eigenvalue weighted by Crippen LogP contribution is -2.41. The number of unbranched alkanes of at least 4 members (excludes halogenated alkanes) is 8. The van der Waals surface area contributed by atoms with Gasteiger partial charge in [0.05, 0.1) is 33.2 Å². The Morgan fingerprint density at radius 3 is 2.00 bits per heavy atom. The van der Waals surface area contributed by atoms with Crippen molar-refractivity contribution >= 4 is 29.4 Å². The molecule has 0 aliphatic heterocycles. The minimum Gasteiger partial charge on any atom is -0.356 e. The van der Waals surface area contributed by atoms with Crippen molar-refractivity contribution in [2.24, 2.45) is 0 Å². The van der Waals surface area contributed by atoms with E-state index in [9.17, 15) is 14.4 Å². The lowest BCUT2D eigenvalue weighted by Gasteiger charge is -2.29. The third kappa shape index (κ3) is 20.3. The first-order valence-electron chi connectivity index (χ1n) is 13.6. The van der Waals surface area contributed by atoms with E-state index in [0.717, 1.165) is 30.2 Å². The molecule has 0 saturated carbocycles. The van der Waals surface area contributed by atoms with E-state index in [2.05, 4.69) is 31.0 Å². The van der Waals surface area contributed by atoms with Gasteiger partial charge in [-0.15, -0.1) is 0 Å². The summed E-state index contributed by atoms with van der Waals surface area (Å²) in [5.41, 5.74) is 0. The van der Waals surface area contributed by atoms with Crippen molar-refractivity contribution in [3.8, 4) is 0 Å². The second kappa shape index (κ2) is 21.2. The van der Waals surface area contributed by atoms with Crippen molar-refractivity contribution in [3.63, 3.8) is 0 Å². The fourth-order valence-electron chi connectivity index (χ4n) is 4.20. The minimum absolute atomic E-state index is 0.00747. The van der Waals surface area contributed by atoms with Gasteiger partial charge in [-0.3, -0.25) is 14.4 Å². The van der Waals surface area contributed by atoms with Crippen LogP contribution in [-0.4, -0.2) is 73.9 Å². The first-order valence-corrected chi connectivity index (χ1v) is 15.0. The molecule has 1 unspecified atom stereocenters. The van der Waals surface area contributed by atoms with Crippen LogP contribution in [-0.2, 0) is 14.4 Å². The van der Waals surface area contributed by atoms with Gasteiger partial charge >= 0.3 is 0 Å². The molecule has 0 spiro atoms. The van der Waals surface area contributed by atoms with Crippen LogP contribution in [0.4, 0.5) is 0 Å². The zero-order chi connectivity index (χ0) is 25.7. The summed E-state index contributed by atoms with van der Waals surface area (Å²) in [6.07, 6.45) is 16.3. The van der Waals surface area contributed by atoms with Crippen LogP contribution in [0.1, 0.15) is 104 Å². The quantitative estimate of drug-likeness (QED) is 0.151. The van der Waals surface area contributed by atoms with Crippen molar-refractivity contribution in [3.05, 3.63) is 0 Å². The van der Waals surface area contributed by atoms with E-state index >= 15 is 0 Å². The molecule has 0 rings (SSSR count). The zero-order valence-corrected chi connectivity index (χ0v) is 23.7. The molecule has 0 aliphatic carbocycles. The molecule has 2 N–H and O–H groups in total. The molecule has 200 valence electrons. The second-order valence-electron chi connectivity index (χ2n) is 10.2. The van der Waals surface area contributed by atoms with Crippen LogP contribution in [0.2, 0.25) is 0 Å². The number of amides is 2. The fraction of sp³-hybridized carbons (Fsp3) is 0.889. The Kier molecular flexibility index (Phi) is 20.5. The number of hydrogen-bond acceptors (Lipinski definition) is 4. The van der Waals surface area contributed by atoms with E-state index in [1.807, 2.05) is 18.7 Å². The van der Waals surface area contributed by atoms with Crippen LogP contribution < -0.4 is 10.6 Å². The molecule has 6 nitrogen and oxygen atoms in total. The monoisotopic (exact) mass is 500 g/mol. The third-order valence-corrected chi connectivity index (χ3v) is 7.09. The predicted octanol–water partition coefficient (Wildman–Crippen LogP) is 5.10. The maximum atomic E-state index is 12.3. The Labute approximate surface area is 214 Å². The minimum atomic E-state index is -0.385. The molecular weight excluding hydrogens is 446 g/mol. The van der Waals surface area contributed by atoms with Gasteiger partial charge in [-0.25, -0.2) is 0 Å². The van der Waals surface area contributed by atoms with Crippen LogP contribution in [0.3, 0.4) is 0 Å². The summed E-state index contributed by atoms with van der Waals surface area (Å²) in [5.74, 6) is 1.31. The van der Waals surface area contributed by atoms with Crippen molar-refractivity contribution < 1.29 is 18.9 Å². The molecule has 0 bridgehead atoms. The molecule has 0 aromatic rings. The van der Waals surface area contributed by atoms with Crippen LogP contribution in [0.5, 0.6) is 0 Å². The Balaban J connectivity index is 3.79. The largest absolute Gasteiger partial charge is 0.356 e. The molecule has 0 heterocycles. The Morgan fingerprint density at radius 2 is 1.41 bits per heavy atom. The molecule has 0 aromatic carbocycles. The van der Waals surface area contributed by atoms with Crippen LogP contribution in [0.25, 0.3) is 0 Å². The van der Waals surface area contributed by atoms with E-state index in [0.29, 0.717) is 25.8 Å². The Morgan fingerprint density at radius 1 is 0.824 bits per heavy atom. The van der Waals surface area contributed by atoms with Crippen molar-refractivity contribution in [2.45, 2.75) is 110 Å². The smallest absolute Gasteiger partial charge is 0.220 e. The topological polar surface area (TPSA) is 75.3 Å². The molecule has 1 atom stereocenters. The molecule has 0 radical (unpaired) electrons. The van der Waals surface area contributed by atoms with Gasteiger partial charge in [0.25, 0.3) is 0 Å². The number of hydrogen-bond donors (Lipinski definition) is 2. The standard InChI is InChI=1S/C27H53N3O3S/c1-6-26(32)25(18-14-15-20-28-24(2)31)29-27(33)19-13-11-9-7-8-10-12-16-21-30(3,4)22-17-23-34-5/h25H,6-23H2,1-5H3,(H-,28,29,31,33)/p+1. The first-order chi connectivity index (χ1) is 16.2. The number of carbonyl (C=O) groups is 3. The Bertz CT molecular complexity index is 555. The molecule has 0 fully saturated rings. The lowest BCUT2D eigenvalue weighted by atomic mass is 10.0. The van der Waals surface area contributed by atoms with E-state index in [-0.39, 0.29) is 23.6 Å². The number of quaternary nitrogens is 1. The number of carbonyl (C=O) groups excluding carboxylic acids is 3. The summed E-state index contributed by atoms with van der Waals surface area (Å²) in [6, 6.07) is -0.385. The molecule has 0 aliphatic rings.